The molecule has 0 fully saturated rings. The van der Waals surface area contributed by atoms with Crippen LogP contribution in [0.25, 0.3) is 5.65 Å². The van der Waals surface area contributed by atoms with Gasteiger partial charge in [-0.25, -0.2) is 9.78 Å². The van der Waals surface area contributed by atoms with E-state index >= 15 is 0 Å². The molecule has 0 saturated heterocycles. The van der Waals surface area contributed by atoms with Crippen molar-refractivity contribution in [2.45, 2.75) is 0 Å². The molecule has 2 aromatic rings. The zero-order valence-electron chi connectivity index (χ0n) is 6.06. The van der Waals surface area contributed by atoms with E-state index in [0.717, 1.165) is 0 Å². The van der Waals surface area contributed by atoms with Crippen LogP contribution in [0.15, 0.2) is 29.5 Å². The van der Waals surface area contributed by atoms with Crippen LogP contribution in [0.4, 0.5) is 0 Å². The largest absolute Gasteiger partial charge is 0.333 e. The molecule has 0 bridgehead atoms. The van der Waals surface area contributed by atoms with Crippen LogP contribution < -0.4 is 5.69 Å². The van der Waals surface area contributed by atoms with Gasteiger partial charge < -0.3 is 0 Å². The quantitative estimate of drug-likeness (QED) is 0.530. The molecule has 0 saturated carbocycles. The average molecular weight is 149 g/mol. The molecule has 0 aliphatic rings. The summed E-state index contributed by atoms with van der Waals surface area (Å²) in [6.45, 7) is 0. The van der Waals surface area contributed by atoms with E-state index in [-0.39, 0.29) is 5.69 Å². The Labute approximate surface area is 62.7 Å². The number of fused-ring (bicyclic) bond motifs is 1. The molecular weight excluding hydrogens is 142 g/mol. The highest BCUT2D eigenvalue weighted by atomic mass is 16.1. The predicted octanol–water partition coefficient (Wildman–Crippen LogP) is 0.0330. The molecule has 0 aliphatic heterocycles. The van der Waals surface area contributed by atoms with Gasteiger partial charge in [0.15, 0.2) is 5.65 Å². The molecule has 0 aliphatic carbocycles. The number of aryl methyl sites for hydroxylation is 1. The summed E-state index contributed by atoms with van der Waals surface area (Å²) < 4.78 is 3.00. The van der Waals surface area contributed by atoms with Crippen LogP contribution in [0.3, 0.4) is 0 Å². The van der Waals surface area contributed by atoms with Gasteiger partial charge in [-0.1, -0.05) is 0 Å². The molecule has 56 valence electrons. The lowest BCUT2D eigenvalue weighted by atomic mass is 10.6. The van der Waals surface area contributed by atoms with E-state index in [1.54, 1.807) is 31.7 Å². The van der Waals surface area contributed by atoms with Crippen LogP contribution in [0.1, 0.15) is 0 Å². The molecule has 4 nitrogen and oxygen atoms in total. The Kier molecular flexibility index (Phi) is 1.09. The van der Waals surface area contributed by atoms with Crippen molar-refractivity contribution in [1.29, 1.82) is 0 Å². The maximum atomic E-state index is 11.2. The first-order valence-electron chi connectivity index (χ1n) is 3.28. The summed E-state index contributed by atoms with van der Waals surface area (Å²) in [5.74, 6) is 0. The summed E-state index contributed by atoms with van der Waals surface area (Å²) in [4.78, 5) is 15.2. The number of rotatable bonds is 0. The number of nitrogens with zero attached hydrogens (tertiary/aromatic N) is 3. The number of aromatic nitrogens is 3. The van der Waals surface area contributed by atoms with Gasteiger partial charge in [-0.15, -0.1) is 0 Å². The molecule has 0 aromatic carbocycles. The molecule has 4 heteroatoms. The first-order valence-corrected chi connectivity index (χ1v) is 3.28. The predicted molar refractivity (Wildman–Crippen MR) is 40.4 cm³/mol. The summed E-state index contributed by atoms with van der Waals surface area (Å²) >= 11 is 0. The third-order valence-electron chi connectivity index (χ3n) is 1.59. The fraction of sp³-hybridized carbons (Fsp3) is 0.143. The zero-order valence-corrected chi connectivity index (χ0v) is 6.06. The second kappa shape index (κ2) is 1.95. The highest BCUT2D eigenvalue weighted by Crippen LogP contribution is 1.92. The molecule has 11 heavy (non-hydrogen) atoms. The van der Waals surface area contributed by atoms with Crippen molar-refractivity contribution < 1.29 is 0 Å². The first kappa shape index (κ1) is 6.15. The van der Waals surface area contributed by atoms with Gasteiger partial charge >= 0.3 is 5.69 Å². The van der Waals surface area contributed by atoms with Crippen molar-refractivity contribution in [1.82, 2.24) is 14.0 Å². The normalized spacial score (nSPS) is 10.6. The fourth-order valence-corrected chi connectivity index (χ4v) is 1.04. The van der Waals surface area contributed by atoms with Crippen molar-refractivity contribution in [3.8, 4) is 0 Å². The highest BCUT2D eigenvalue weighted by Gasteiger charge is 1.98. The van der Waals surface area contributed by atoms with Gasteiger partial charge in [0.2, 0.25) is 0 Å². The Morgan fingerprint density at radius 2 is 2.36 bits per heavy atom. The Balaban J connectivity index is 3.04. The van der Waals surface area contributed by atoms with E-state index < -0.39 is 0 Å². The third kappa shape index (κ3) is 0.756. The number of hydrogen-bond donors (Lipinski definition) is 0. The van der Waals surface area contributed by atoms with Crippen molar-refractivity contribution in [3.05, 3.63) is 35.1 Å². The van der Waals surface area contributed by atoms with E-state index in [0.29, 0.717) is 5.65 Å². The van der Waals surface area contributed by atoms with Crippen molar-refractivity contribution in [2.24, 2.45) is 7.05 Å². The molecule has 2 rings (SSSR count). The maximum absolute atomic E-state index is 11.2. The fourth-order valence-electron chi connectivity index (χ4n) is 1.04. The Morgan fingerprint density at radius 3 is 3.09 bits per heavy atom. The monoisotopic (exact) mass is 149 g/mol. The molecular formula is C7H7N3O. The van der Waals surface area contributed by atoms with Gasteiger partial charge in [0.25, 0.3) is 0 Å². The van der Waals surface area contributed by atoms with Crippen LogP contribution >= 0.6 is 0 Å². The van der Waals surface area contributed by atoms with Crippen LogP contribution in [-0.2, 0) is 7.05 Å². The zero-order chi connectivity index (χ0) is 7.84. The summed E-state index contributed by atoms with van der Waals surface area (Å²) in [5, 5.41) is 0. The summed E-state index contributed by atoms with van der Waals surface area (Å²) in [5.41, 5.74) is 0.619. The third-order valence-corrected chi connectivity index (χ3v) is 1.59. The Bertz CT molecular complexity index is 440. The van der Waals surface area contributed by atoms with Gasteiger partial charge in [0, 0.05) is 19.4 Å². The molecule has 2 aromatic heterocycles. The topological polar surface area (TPSA) is 39.3 Å². The van der Waals surface area contributed by atoms with E-state index in [2.05, 4.69) is 4.98 Å². The van der Waals surface area contributed by atoms with Gasteiger partial charge in [0.05, 0.1) is 6.20 Å². The van der Waals surface area contributed by atoms with E-state index in [1.165, 1.54) is 8.97 Å². The highest BCUT2D eigenvalue weighted by molar-refractivity contribution is 5.33. The van der Waals surface area contributed by atoms with Crippen LogP contribution in [0.5, 0.6) is 0 Å². The lowest BCUT2D eigenvalue weighted by Gasteiger charge is -1.85. The SMILES string of the molecule is Cn1cc2ncccn2c1=O. The Hall–Kier alpha value is -1.58. The molecule has 0 N–H and O–H groups in total. The lowest BCUT2D eigenvalue weighted by Crippen LogP contribution is -2.16. The van der Waals surface area contributed by atoms with Gasteiger partial charge in [-0.3, -0.25) is 8.97 Å². The van der Waals surface area contributed by atoms with E-state index in [1.807, 2.05) is 0 Å². The molecule has 0 radical (unpaired) electrons. The minimum Gasteiger partial charge on any atom is -0.300 e. The smallest absolute Gasteiger partial charge is 0.300 e. The number of imidazole rings is 1. The lowest BCUT2D eigenvalue weighted by molar-refractivity contribution is 0.838. The molecule has 2 heterocycles. The van der Waals surface area contributed by atoms with Gasteiger partial charge in [-0.2, -0.15) is 0 Å². The maximum Gasteiger partial charge on any atom is 0.333 e. The minimum absolute atomic E-state index is 0.0619. The van der Waals surface area contributed by atoms with Crippen LogP contribution in [-0.4, -0.2) is 14.0 Å². The summed E-state index contributed by atoms with van der Waals surface area (Å²) in [6, 6.07) is 1.73. The summed E-state index contributed by atoms with van der Waals surface area (Å²) in [7, 11) is 1.71. The van der Waals surface area contributed by atoms with Gasteiger partial charge in [0.1, 0.15) is 0 Å². The van der Waals surface area contributed by atoms with E-state index in [4.69, 9.17) is 0 Å². The minimum atomic E-state index is -0.0619. The van der Waals surface area contributed by atoms with E-state index in [9.17, 15) is 4.79 Å². The van der Waals surface area contributed by atoms with Crippen molar-refractivity contribution in [3.63, 3.8) is 0 Å². The second-order valence-electron chi connectivity index (χ2n) is 2.37. The average Bonchev–Trinajstić information content (AvgIpc) is 2.30. The molecule has 0 spiro atoms. The first-order chi connectivity index (χ1) is 5.29. The van der Waals surface area contributed by atoms with Crippen LogP contribution in [0, 0.1) is 0 Å². The summed E-state index contributed by atoms with van der Waals surface area (Å²) in [6.07, 6.45) is 5.06. The standard InChI is InChI=1S/C7H7N3O/c1-9-5-6-8-3-2-4-10(6)7(9)11/h2-5H,1H3. The molecule has 0 unspecified atom stereocenters. The van der Waals surface area contributed by atoms with Crippen molar-refractivity contribution in [2.75, 3.05) is 0 Å². The van der Waals surface area contributed by atoms with Crippen LogP contribution in [0.2, 0.25) is 0 Å². The van der Waals surface area contributed by atoms with Gasteiger partial charge in [-0.05, 0) is 6.07 Å². The molecule has 0 amide bonds. The number of hydrogen-bond acceptors (Lipinski definition) is 2. The molecule has 0 atom stereocenters. The Morgan fingerprint density at radius 1 is 1.55 bits per heavy atom. The van der Waals surface area contributed by atoms with Crippen molar-refractivity contribution >= 4 is 5.65 Å². The second-order valence-corrected chi connectivity index (χ2v) is 2.37.